The molecule has 0 aliphatic heterocycles. The molecular formula is C18H16ClNO. The van der Waals surface area contributed by atoms with E-state index in [9.17, 15) is 5.26 Å². The summed E-state index contributed by atoms with van der Waals surface area (Å²) in [7, 11) is 0. The van der Waals surface area contributed by atoms with Gasteiger partial charge in [0.05, 0.1) is 24.7 Å². The van der Waals surface area contributed by atoms with Crippen LogP contribution in [-0.4, -0.2) is 6.61 Å². The molecule has 1 aliphatic carbocycles. The minimum absolute atomic E-state index is 0.271. The summed E-state index contributed by atoms with van der Waals surface area (Å²) in [5, 5.41) is 10.2. The van der Waals surface area contributed by atoms with Crippen LogP contribution in [0.4, 0.5) is 0 Å². The molecule has 0 radical (unpaired) electrons. The van der Waals surface area contributed by atoms with Gasteiger partial charge < -0.3 is 4.74 Å². The first kappa shape index (κ1) is 14.1. The summed E-state index contributed by atoms with van der Waals surface area (Å²) in [4.78, 5) is 0. The molecule has 1 fully saturated rings. The third-order valence-corrected chi connectivity index (χ3v) is 4.35. The summed E-state index contributed by atoms with van der Waals surface area (Å²) in [6, 6.07) is 20.1. The normalized spacial score (nSPS) is 23.5. The van der Waals surface area contributed by atoms with Crippen molar-refractivity contribution in [3.8, 4) is 6.07 Å². The van der Waals surface area contributed by atoms with E-state index in [0.29, 0.717) is 18.2 Å². The van der Waals surface area contributed by atoms with Gasteiger partial charge in [0.15, 0.2) is 0 Å². The zero-order valence-corrected chi connectivity index (χ0v) is 12.4. The van der Waals surface area contributed by atoms with Crippen LogP contribution >= 0.6 is 11.6 Å². The minimum Gasteiger partial charge on any atom is -0.376 e. The Morgan fingerprint density at radius 3 is 2.52 bits per heavy atom. The van der Waals surface area contributed by atoms with Gasteiger partial charge in [-0.1, -0.05) is 54.1 Å². The lowest BCUT2D eigenvalue weighted by molar-refractivity contribution is 0.108. The van der Waals surface area contributed by atoms with Crippen LogP contribution in [0.5, 0.6) is 0 Å². The van der Waals surface area contributed by atoms with E-state index in [1.54, 1.807) is 0 Å². The van der Waals surface area contributed by atoms with Crippen LogP contribution in [0, 0.1) is 17.2 Å². The Balaban J connectivity index is 1.59. The molecule has 2 nitrogen and oxygen atoms in total. The predicted octanol–water partition coefficient (Wildman–Crippen LogP) is 4.34. The molecule has 106 valence electrons. The van der Waals surface area contributed by atoms with Crippen LogP contribution in [0.2, 0.25) is 5.02 Å². The molecule has 3 heteroatoms. The number of nitriles is 1. The molecule has 2 aromatic carbocycles. The van der Waals surface area contributed by atoms with Crippen molar-refractivity contribution in [1.29, 1.82) is 5.26 Å². The fourth-order valence-electron chi connectivity index (χ4n) is 2.73. The summed E-state index contributed by atoms with van der Waals surface area (Å²) >= 11 is 5.91. The van der Waals surface area contributed by atoms with Crippen molar-refractivity contribution in [3.05, 3.63) is 70.7 Å². The molecule has 0 unspecified atom stereocenters. The second-order valence-corrected chi connectivity index (χ2v) is 5.93. The van der Waals surface area contributed by atoms with Crippen molar-refractivity contribution < 1.29 is 4.74 Å². The molecular weight excluding hydrogens is 282 g/mol. The molecule has 0 bridgehead atoms. The van der Waals surface area contributed by atoms with Gasteiger partial charge in [-0.25, -0.2) is 0 Å². The summed E-state index contributed by atoms with van der Waals surface area (Å²) in [6.45, 7) is 1.21. The number of nitrogens with zero attached hydrogens (tertiary/aromatic N) is 1. The van der Waals surface area contributed by atoms with Gasteiger partial charge in [0, 0.05) is 10.9 Å². The molecule has 3 rings (SSSR count). The van der Waals surface area contributed by atoms with Crippen LogP contribution in [0.15, 0.2) is 54.6 Å². The number of ether oxygens (including phenoxy) is 1. The fraction of sp³-hybridized carbons (Fsp3) is 0.278. The van der Waals surface area contributed by atoms with Crippen molar-refractivity contribution in [1.82, 2.24) is 0 Å². The highest BCUT2D eigenvalue weighted by Crippen LogP contribution is 2.54. The maximum absolute atomic E-state index is 9.53. The lowest BCUT2D eigenvalue weighted by atomic mass is 9.95. The highest BCUT2D eigenvalue weighted by molar-refractivity contribution is 6.30. The van der Waals surface area contributed by atoms with E-state index in [1.165, 1.54) is 0 Å². The van der Waals surface area contributed by atoms with Gasteiger partial charge in [-0.15, -0.1) is 0 Å². The van der Waals surface area contributed by atoms with Crippen LogP contribution in [0.1, 0.15) is 17.5 Å². The van der Waals surface area contributed by atoms with E-state index >= 15 is 0 Å². The molecule has 0 aromatic heterocycles. The number of halogens is 1. The van der Waals surface area contributed by atoms with Gasteiger partial charge in [0.1, 0.15) is 0 Å². The Labute approximate surface area is 129 Å². The zero-order valence-electron chi connectivity index (χ0n) is 11.6. The van der Waals surface area contributed by atoms with Gasteiger partial charge in [-0.05, 0) is 29.7 Å². The number of benzene rings is 2. The number of hydrogen-bond acceptors (Lipinski definition) is 2. The quantitative estimate of drug-likeness (QED) is 0.822. The van der Waals surface area contributed by atoms with E-state index in [4.69, 9.17) is 16.3 Å². The van der Waals surface area contributed by atoms with Crippen LogP contribution in [0.25, 0.3) is 0 Å². The minimum atomic E-state index is -0.388. The predicted molar refractivity (Wildman–Crippen MR) is 82.9 cm³/mol. The molecule has 0 saturated heterocycles. The number of hydrogen-bond donors (Lipinski definition) is 0. The van der Waals surface area contributed by atoms with E-state index in [-0.39, 0.29) is 11.3 Å². The van der Waals surface area contributed by atoms with Gasteiger partial charge in [-0.3, -0.25) is 0 Å². The Bertz CT molecular complexity index is 647. The van der Waals surface area contributed by atoms with E-state index in [2.05, 4.69) is 6.07 Å². The molecule has 21 heavy (non-hydrogen) atoms. The van der Waals surface area contributed by atoms with Crippen LogP contribution in [0.3, 0.4) is 0 Å². The largest absolute Gasteiger partial charge is 0.376 e. The third kappa shape index (κ3) is 2.95. The van der Waals surface area contributed by atoms with E-state index in [1.807, 2.05) is 54.6 Å². The van der Waals surface area contributed by atoms with Gasteiger partial charge >= 0.3 is 0 Å². The van der Waals surface area contributed by atoms with Crippen LogP contribution < -0.4 is 0 Å². The van der Waals surface area contributed by atoms with E-state index in [0.717, 1.165) is 17.5 Å². The molecule has 0 heterocycles. The van der Waals surface area contributed by atoms with Crippen molar-refractivity contribution >= 4 is 11.6 Å². The number of rotatable bonds is 5. The lowest BCUT2D eigenvalue weighted by Crippen LogP contribution is -2.10. The summed E-state index contributed by atoms with van der Waals surface area (Å²) in [6.07, 6.45) is 0.861. The van der Waals surface area contributed by atoms with Crippen molar-refractivity contribution in [2.24, 2.45) is 5.92 Å². The van der Waals surface area contributed by atoms with Crippen LogP contribution in [-0.2, 0) is 16.8 Å². The molecule has 0 N–H and O–H groups in total. The molecule has 2 aromatic rings. The molecule has 0 amide bonds. The van der Waals surface area contributed by atoms with Crippen molar-refractivity contribution in [3.63, 3.8) is 0 Å². The molecule has 2 atom stereocenters. The molecule has 1 aliphatic rings. The second-order valence-electron chi connectivity index (χ2n) is 5.49. The maximum Gasteiger partial charge on any atom is 0.0877 e. The summed E-state index contributed by atoms with van der Waals surface area (Å²) < 4.78 is 5.77. The van der Waals surface area contributed by atoms with Gasteiger partial charge in [0.2, 0.25) is 0 Å². The maximum atomic E-state index is 9.53. The van der Waals surface area contributed by atoms with Gasteiger partial charge in [-0.2, -0.15) is 5.26 Å². The monoisotopic (exact) mass is 297 g/mol. The van der Waals surface area contributed by atoms with Crippen molar-refractivity contribution in [2.75, 3.05) is 6.61 Å². The molecule has 0 spiro atoms. The Hall–Kier alpha value is -1.82. The summed E-state index contributed by atoms with van der Waals surface area (Å²) in [5.74, 6) is 0.271. The Morgan fingerprint density at radius 2 is 1.86 bits per heavy atom. The van der Waals surface area contributed by atoms with Gasteiger partial charge in [0.25, 0.3) is 0 Å². The Kier molecular flexibility index (Phi) is 3.96. The standard InChI is InChI=1S/C18H16ClNO/c19-17-8-6-15(7-9-17)18(13-20)10-16(18)12-21-11-14-4-2-1-3-5-14/h1-9,16H,10-12H2/t16-,18+/m1/s1. The first-order valence-electron chi connectivity index (χ1n) is 7.03. The SMILES string of the molecule is N#C[C@]1(c2ccc(Cl)cc2)C[C@@H]1COCc1ccccc1. The average molecular weight is 298 g/mol. The average Bonchev–Trinajstić information content (AvgIpc) is 3.24. The zero-order chi connectivity index (χ0) is 14.7. The smallest absolute Gasteiger partial charge is 0.0877 e. The highest BCUT2D eigenvalue weighted by Gasteiger charge is 2.56. The van der Waals surface area contributed by atoms with Crippen molar-refractivity contribution in [2.45, 2.75) is 18.4 Å². The highest BCUT2D eigenvalue weighted by atomic mass is 35.5. The fourth-order valence-corrected chi connectivity index (χ4v) is 2.85. The Morgan fingerprint density at radius 1 is 1.14 bits per heavy atom. The first-order valence-corrected chi connectivity index (χ1v) is 7.41. The third-order valence-electron chi connectivity index (χ3n) is 4.09. The topological polar surface area (TPSA) is 33.0 Å². The summed E-state index contributed by atoms with van der Waals surface area (Å²) in [5.41, 5.74) is 1.82. The lowest BCUT2D eigenvalue weighted by Gasteiger charge is -2.10. The first-order chi connectivity index (χ1) is 10.2. The second kappa shape index (κ2) is 5.89. The van der Waals surface area contributed by atoms with E-state index < -0.39 is 0 Å². The molecule has 1 saturated carbocycles.